The minimum Gasteiger partial charge on any atom is -0.370 e. The van der Waals surface area contributed by atoms with Gasteiger partial charge in [-0.3, -0.25) is 0 Å². The van der Waals surface area contributed by atoms with Gasteiger partial charge < -0.3 is 10.6 Å². The van der Waals surface area contributed by atoms with Crippen LogP contribution in [0.25, 0.3) is 0 Å². The van der Waals surface area contributed by atoms with Crippen molar-refractivity contribution in [2.45, 2.75) is 18.8 Å². The molecule has 1 aliphatic heterocycles. The molecule has 1 unspecified atom stereocenters. The van der Waals surface area contributed by atoms with Gasteiger partial charge in [-0.2, -0.15) is 0 Å². The highest BCUT2D eigenvalue weighted by Gasteiger charge is 2.26. The van der Waals surface area contributed by atoms with Crippen molar-refractivity contribution in [3.8, 4) is 12.3 Å². The van der Waals surface area contributed by atoms with E-state index in [-0.39, 0.29) is 0 Å². The monoisotopic (exact) mass is 214 g/mol. The number of para-hydroxylation sites is 1. The molecule has 1 aromatic carbocycles. The number of hydrogen-bond donors (Lipinski definition) is 1. The van der Waals surface area contributed by atoms with Gasteiger partial charge in [-0.05, 0) is 24.6 Å². The lowest BCUT2D eigenvalue weighted by Gasteiger charge is -2.18. The molecule has 16 heavy (non-hydrogen) atoms. The number of fused-ring (bicyclic) bond motifs is 1. The molecule has 0 aliphatic carbocycles. The largest absolute Gasteiger partial charge is 0.370 e. The van der Waals surface area contributed by atoms with Crippen molar-refractivity contribution in [2.24, 2.45) is 5.73 Å². The molecule has 0 fully saturated rings. The number of nitrogens with zero attached hydrogens (tertiary/aromatic N) is 1. The quantitative estimate of drug-likeness (QED) is 0.776. The minimum atomic E-state index is 0.582. The minimum absolute atomic E-state index is 0.582. The first-order valence-corrected chi connectivity index (χ1v) is 5.84. The average molecular weight is 214 g/mol. The number of nitrogens with two attached hydrogens (primary N) is 1. The normalized spacial score (nSPS) is 18.2. The standard InChI is InChI=1S/C14H18N2/c1-2-3-10-16-11-12(8-9-15)13-6-4-5-7-14(13)16/h1,4-7,12H,3,8-11,15H2. The summed E-state index contributed by atoms with van der Waals surface area (Å²) >= 11 is 0. The predicted octanol–water partition coefficient (Wildman–Crippen LogP) is 1.96. The van der Waals surface area contributed by atoms with Gasteiger partial charge in [0.25, 0.3) is 0 Å². The van der Waals surface area contributed by atoms with Gasteiger partial charge >= 0.3 is 0 Å². The Morgan fingerprint density at radius 1 is 1.44 bits per heavy atom. The molecule has 0 saturated heterocycles. The van der Waals surface area contributed by atoms with E-state index >= 15 is 0 Å². The summed E-state index contributed by atoms with van der Waals surface area (Å²) in [5.41, 5.74) is 8.44. The maximum absolute atomic E-state index is 5.66. The van der Waals surface area contributed by atoms with Crippen LogP contribution in [0.5, 0.6) is 0 Å². The Kier molecular flexibility index (Phi) is 3.48. The van der Waals surface area contributed by atoms with Crippen molar-refractivity contribution >= 4 is 5.69 Å². The van der Waals surface area contributed by atoms with Crippen LogP contribution in [-0.4, -0.2) is 19.6 Å². The van der Waals surface area contributed by atoms with Crippen LogP contribution < -0.4 is 10.6 Å². The number of terminal acetylenes is 1. The third-order valence-electron chi connectivity index (χ3n) is 3.20. The third-order valence-corrected chi connectivity index (χ3v) is 3.20. The Morgan fingerprint density at radius 2 is 2.25 bits per heavy atom. The molecular weight excluding hydrogens is 196 g/mol. The highest BCUT2D eigenvalue weighted by Crippen LogP contribution is 2.37. The molecule has 2 N–H and O–H groups in total. The Morgan fingerprint density at radius 3 is 3.00 bits per heavy atom. The molecule has 0 amide bonds. The second-order valence-electron chi connectivity index (χ2n) is 4.23. The van der Waals surface area contributed by atoms with Crippen molar-refractivity contribution in [2.75, 3.05) is 24.5 Å². The Balaban J connectivity index is 2.18. The summed E-state index contributed by atoms with van der Waals surface area (Å²) < 4.78 is 0. The third kappa shape index (κ3) is 2.05. The molecule has 2 nitrogen and oxygen atoms in total. The molecule has 0 saturated carbocycles. The summed E-state index contributed by atoms with van der Waals surface area (Å²) in [4.78, 5) is 2.38. The van der Waals surface area contributed by atoms with Crippen molar-refractivity contribution < 1.29 is 0 Å². The van der Waals surface area contributed by atoms with Crippen molar-refractivity contribution in [3.05, 3.63) is 29.8 Å². The fourth-order valence-electron chi connectivity index (χ4n) is 2.44. The zero-order valence-electron chi connectivity index (χ0n) is 9.52. The van der Waals surface area contributed by atoms with E-state index in [0.29, 0.717) is 5.92 Å². The first kappa shape index (κ1) is 11.0. The SMILES string of the molecule is C#CCCN1CC(CCN)c2ccccc21. The molecule has 1 aromatic rings. The van der Waals surface area contributed by atoms with Gasteiger partial charge in [0.2, 0.25) is 0 Å². The molecule has 1 aliphatic rings. The topological polar surface area (TPSA) is 29.3 Å². The zero-order valence-corrected chi connectivity index (χ0v) is 9.52. The lowest BCUT2D eigenvalue weighted by atomic mass is 9.98. The van der Waals surface area contributed by atoms with Gasteiger partial charge in [0.1, 0.15) is 0 Å². The molecule has 2 rings (SSSR count). The molecule has 1 heterocycles. The van der Waals surface area contributed by atoms with E-state index in [1.165, 1.54) is 11.3 Å². The van der Waals surface area contributed by atoms with Gasteiger partial charge in [-0.15, -0.1) is 12.3 Å². The fraction of sp³-hybridized carbons (Fsp3) is 0.429. The van der Waals surface area contributed by atoms with Gasteiger partial charge in [-0.1, -0.05) is 18.2 Å². The Bertz CT molecular complexity index is 392. The van der Waals surface area contributed by atoms with E-state index in [9.17, 15) is 0 Å². The van der Waals surface area contributed by atoms with Gasteiger partial charge in [-0.25, -0.2) is 0 Å². The molecular formula is C14H18N2. The predicted molar refractivity (Wildman–Crippen MR) is 68.5 cm³/mol. The number of rotatable bonds is 4. The van der Waals surface area contributed by atoms with Crippen LogP contribution in [0.3, 0.4) is 0 Å². The second kappa shape index (κ2) is 5.05. The maximum Gasteiger partial charge on any atom is 0.0402 e. The number of hydrogen-bond acceptors (Lipinski definition) is 2. The Hall–Kier alpha value is -1.46. The summed E-state index contributed by atoms with van der Waals surface area (Å²) in [6.07, 6.45) is 7.19. The average Bonchev–Trinajstić information content (AvgIpc) is 2.66. The van der Waals surface area contributed by atoms with Crippen LogP contribution in [0, 0.1) is 12.3 Å². The van der Waals surface area contributed by atoms with E-state index in [2.05, 4.69) is 35.1 Å². The molecule has 0 aromatic heterocycles. The lowest BCUT2D eigenvalue weighted by molar-refractivity contribution is 0.646. The number of anilines is 1. The van der Waals surface area contributed by atoms with Crippen molar-refractivity contribution in [1.29, 1.82) is 0 Å². The highest BCUT2D eigenvalue weighted by molar-refractivity contribution is 5.60. The van der Waals surface area contributed by atoms with E-state index in [1.807, 2.05) is 0 Å². The van der Waals surface area contributed by atoms with Gasteiger partial charge in [0.05, 0.1) is 0 Å². The van der Waals surface area contributed by atoms with E-state index in [4.69, 9.17) is 12.2 Å². The molecule has 0 radical (unpaired) electrons. The van der Waals surface area contributed by atoms with Crippen LogP contribution in [0.1, 0.15) is 24.3 Å². The van der Waals surface area contributed by atoms with Crippen LogP contribution in [-0.2, 0) is 0 Å². The maximum atomic E-state index is 5.66. The summed E-state index contributed by atoms with van der Waals surface area (Å²) in [6, 6.07) is 8.59. The van der Waals surface area contributed by atoms with E-state index in [1.54, 1.807) is 0 Å². The molecule has 0 bridgehead atoms. The van der Waals surface area contributed by atoms with E-state index in [0.717, 1.165) is 32.5 Å². The molecule has 84 valence electrons. The molecule has 1 atom stereocenters. The summed E-state index contributed by atoms with van der Waals surface area (Å²) in [5.74, 6) is 3.29. The molecule has 2 heteroatoms. The van der Waals surface area contributed by atoms with Crippen LogP contribution in [0.4, 0.5) is 5.69 Å². The summed E-state index contributed by atoms with van der Waals surface area (Å²) in [7, 11) is 0. The Labute approximate surface area is 97.4 Å². The molecule has 0 spiro atoms. The fourth-order valence-corrected chi connectivity index (χ4v) is 2.44. The first-order valence-electron chi connectivity index (χ1n) is 5.84. The second-order valence-corrected chi connectivity index (χ2v) is 4.23. The van der Waals surface area contributed by atoms with Crippen LogP contribution in [0.2, 0.25) is 0 Å². The zero-order chi connectivity index (χ0) is 11.4. The van der Waals surface area contributed by atoms with E-state index < -0.39 is 0 Å². The van der Waals surface area contributed by atoms with Crippen molar-refractivity contribution in [1.82, 2.24) is 0 Å². The van der Waals surface area contributed by atoms with Gasteiger partial charge in [0.15, 0.2) is 0 Å². The van der Waals surface area contributed by atoms with Crippen molar-refractivity contribution in [3.63, 3.8) is 0 Å². The smallest absolute Gasteiger partial charge is 0.0402 e. The lowest BCUT2D eigenvalue weighted by Crippen LogP contribution is -2.23. The van der Waals surface area contributed by atoms with Crippen LogP contribution >= 0.6 is 0 Å². The first-order chi connectivity index (χ1) is 7.86. The summed E-state index contributed by atoms with van der Waals surface area (Å²) in [5, 5.41) is 0. The number of benzene rings is 1. The highest BCUT2D eigenvalue weighted by atomic mass is 15.1. The van der Waals surface area contributed by atoms with Crippen LogP contribution in [0.15, 0.2) is 24.3 Å². The van der Waals surface area contributed by atoms with Gasteiger partial charge in [0, 0.05) is 31.1 Å². The summed E-state index contributed by atoms with van der Waals surface area (Å²) in [6.45, 7) is 2.77.